The van der Waals surface area contributed by atoms with Gasteiger partial charge in [0, 0.05) is 51.2 Å². The van der Waals surface area contributed by atoms with Crippen LogP contribution in [0.3, 0.4) is 0 Å². The molecular formula is C39H49N7O5Si. The molecule has 12 nitrogen and oxygen atoms in total. The van der Waals surface area contributed by atoms with Crippen LogP contribution in [0.4, 0.5) is 0 Å². The number of fused-ring (bicyclic) bond motifs is 2. The number of rotatable bonds is 11. The number of amides is 3. The lowest BCUT2D eigenvalue weighted by atomic mass is 9.41. The standard InChI is InChI=1S/C39H49N7O5Si/c1-6-40-35(48)32(37-18-24(19-37)20-37)45-36(49)38(14-16-50-22-38)25-11-12-27-28(17-25)43-33(42-27)31(44-34(47)29-13-15-41-46(29)3)39(52(4)5)23(2)21-51-30-10-8-7-9-26(30)39/h7-13,15,17,23-24,31-32,52H,6,14,16,18-22H2,1-5H3,(H,40,48)(H,42,43)(H,44,47)(H,45,49)/t23?,24?,31-,32+,37?,38?,39-/m1/s1. The van der Waals surface area contributed by atoms with E-state index in [0.29, 0.717) is 43.6 Å². The summed E-state index contributed by atoms with van der Waals surface area (Å²) in [4.78, 5) is 50.6. The molecule has 2 unspecified atom stereocenters. The molecular weight excluding hydrogens is 675 g/mol. The molecule has 13 heteroatoms. The first kappa shape index (κ1) is 34.6. The Balaban J connectivity index is 1.20. The Morgan fingerprint density at radius 2 is 1.88 bits per heavy atom. The Bertz CT molecular complexity index is 2020. The Morgan fingerprint density at radius 1 is 1.10 bits per heavy atom. The normalized spacial score (nSPS) is 28.6. The predicted octanol–water partition coefficient (Wildman–Crippen LogP) is 3.84. The number of hydrogen-bond donors (Lipinski definition) is 4. The molecule has 4 aromatic rings. The summed E-state index contributed by atoms with van der Waals surface area (Å²) in [5.74, 6) is 1.69. The van der Waals surface area contributed by atoms with Gasteiger partial charge in [0.05, 0.1) is 35.7 Å². The van der Waals surface area contributed by atoms with E-state index in [1.54, 1.807) is 24.0 Å². The molecule has 4 heterocycles. The number of aromatic amines is 1. The van der Waals surface area contributed by atoms with Gasteiger partial charge in [-0.15, -0.1) is 0 Å². The molecule has 274 valence electrons. The van der Waals surface area contributed by atoms with E-state index in [4.69, 9.17) is 14.5 Å². The number of aryl methyl sites for hydroxylation is 1. The van der Waals surface area contributed by atoms with Crippen molar-refractivity contribution >= 4 is 37.6 Å². The number of nitrogens with one attached hydrogen (secondary N) is 4. The zero-order valence-corrected chi connectivity index (χ0v) is 31.8. The first-order valence-electron chi connectivity index (χ1n) is 18.7. The maximum atomic E-state index is 14.4. The van der Waals surface area contributed by atoms with Crippen LogP contribution in [0.5, 0.6) is 5.75 Å². The molecule has 2 bridgehead atoms. The summed E-state index contributed by atoms with van der Waals surface area (Å²) in [6.45, 7) is 10.5. The molecule has 3 amide bonds. The van der Waals surface area contributed by atoms with Crippen LogP contribution in [0.2, 0.25) is 13.1 Å². The van der Waals surface area contributed by atoms with Crippen LogP contribution in [-0.4, -0.2) is 78.7 Å². The van der Waals surface area contributed by atoms with Gasteiger partial charge in [0.2, 0.25) is 11.8 Å². The fourth-order valence-electron chi connectivity index (χ4n) is 9.95. The third-order valence-corrected chi connectivity index (χ3v) is 15.9. The van der Waals surface area contributed by atoms with Crippen LogP contribution in [0, 0.1) is 17.3 Å². The van der Waals surface area contributed by atoms with Gasteiger partial charge in [-0.2, -0.15) is 5.10 Å². The van der Waals surface area contributed by atoms with Crippen molar-refractivity contribution in [1.29, 1.82) is 0 Å². The van der Waals surface area contributed by atoms with E-state index >= 15 is 0 Å². The topological polar surface area (TPSA) is 152 Å². The van der Waals surface area contributed by atoms with Gasteiger partial charge in [0.25, 0.3) is 5.91 Å². The maximum absolute atomic E-state index is 14.4. The minimum Gasteiger partial charge on any atom is -0.493 e. The third kappa shape index (κ3) is 5.21. The highest BCUT2D eigenvalue weighted by molar-refractivity contribution is 6.60. The molecule has 2 aromatic heterocycles. The van der Waals surface area contributed by atoms with Gasteiger partial charge in [0.15, 0.2) is 0 Å². The minimum atomic E-state index is -1.67. The van der Waals surface area contributed by atoms with Crippen molar-refractivity contribution in [2.45, 2.75) is 75.2 Å². The molecule has 9 rings (SSSR count). The number of ether oxygens (including phenoxy) is 2. The summed E-state index contributed by atoms with van der Waals surface area (Å²) >= 11 is 0. The third-order valence-electron chi connectivity index (χ3n) is 12.8. The molecule has 5 aliphatic rings. The number of benzene rings is 2. The van der Waals surface area contributed by atoms with Crippen LogP contribution in [0.25, 0.3) is 11.0 Å². The predicted molar refractivity (Wildman–Crippen MR) is 199 cm³/mol. The molecule has 2 aliphatic heterocycles. The number of nitrogens with zero attached hydrogens (tertiary/aromatic N) is 3. The first-order valence-corrected chi connectivity index (χ1v) is 21.6. The molecule has 3 saturated carbocycles. The van der Waals surface area contributed by atoms with E-state index in [-0.39, 0.29) is 35.7 Å². The fourth-order valence-corrected chi connectivity index (χ4v) is 12.9. The second kappa shape index (κ2) is 12.9. The summed E-state index contributed by atoms with van der Waals surface area (Å²) < 4.78 is 13.8. The molecule has 4 fully saturated rings. The molecule has 2 aromatic carbocycles. The lowest BCUT2D eigenvalue weighted by Crippen LogP contribution is -2.69. The first-order chi connectivity index (χ1) is 25.0. The van der Waals surface area contributed by atoms with Crippen LogP contribution >= 0.6 is 0 Å². The van der Waals surface area contributed by atoms with Gasteiger partial charge in [-0.3, -0.25) is 19.1 Å². The van der Waals surface area contributed by atoms with Crippen molar-refractivity contribution in [1.82, 2.24) is 35.7 Å². The Morgan fingerprint density at radius 3 is 2.54 bits per heavy atom. The molecule has 3 aliphatic carbocycles. The van der Waals surface area contributed by atoms with Crippen molar-refractivity contribution in [3.05, 3.63) is 77.4 Å². The summed E-state index contributed by atoms with van der Waals surface area (Å²) in [7, 11) is 0.0878. The van der Waals surface area contributed by atoms with Crippen molar-refractivity contribution in [3.63, 3.8) is 0 Å². The molecule has 4 N–H and O–H groups in total. The van der Waals surface area contributed by atoms with Crippen molar-refractivity contribution in [2.24, 2.45) is 24.3 Å². The van der Waals surface area contributed by atoms with E-state index < -0.39 is 31.3 Å². The zero-order chi connectivity index (χ0) is 36.4. The molecule has 1 saturated heterocycles. The number of hydrogen-bond acceptors (Lipinski definition) is 7. The van der Waals surface area contributed by atoms with Gasteiger partial charge in [-0.25, -0.2) is 4.98 Å². The van der Waals surface area contributed by atoms with E-state index in [1.165, 1.54) is 0 Å². The lowest BCUT2D eigenvalue weighted by molar-refractivity contribution is -0.161. The molecule has 0 radical (unpaired) electrons. The van der Waals surface area contributed by atoms with Crippen molar-refractivity contribution < 1.29 is 23.9 Å². The van der Waals surface area contributed by atoms with E-state index in [2.05, 4.69) is 52.1 Å². The van der Waals surface area contributed by atoms with Gasteiger partial charge < -0.3 is 30.4 Å². The average Bonchev–Trinajstić information content (AvgIpc) is 3.86. The van der Waals surface area contributed by atoms with Crippen molar-refractivity contribution in [2.75, 3.05) is 26.4 Å². The summed E-state index contributed by atoms with van der Waals surface area (Å²) in [6.07, 6.45) is 5.07. The largest absolute Gasteiger partial charge is 0.493 e. The van der Waals surface area contributed by atoms with E-state index in [0.717, 1.165) is 47.2 Å². The number of para-hydroxylation sites is 1. The van der Waals surface area contributed by atoms with Gasteiger partial charge in [-0.05, 0) is 74.3 Å². The Labute approximate surface area is 305 Å². The highest BCUT2D eigenvalue weighted by Gasteiger charge is 2.63. The van der Waals surface area contributed by atoms with Gasteiger partial charge in [0.1, 0.15) is 23.3 Å². The monoisotopic (exact) mass is 723 g/mol. The molecule has 5 atom stereocenters. The highest BCUT2D eigenvalue weighted by atomic mass is 28.3. The fraction of sp³-hybridized carbons (Fsp3) is 0.513. The van der Waals surface area contributed by atoms with Gasteiger partial charge in [-0.1, -0.05) is 44.3 Å². The second-order valence-corrected chi connectivity index (χ2v) is 19.2. The second-order valence-electron chi connectivity index (χ2n) is 15.9. The summed E-state index contributed by atoms with van der Waals surface area (Å²) in [5.41, 5.74) is 2.74. The summed E-state index contributed by atoms with van der Waals surface area (Å²) in [6, 6.07) is 14.7. The minimum absolute atomic E-state index is 0.0659. The SMILES string of the molecule is CCNC(=O)[C@H](NC(=O)C1(c2ccc3nc([C@@H](NC(=O)c4ccnn4C)[C@]4([SiH](C)C)c5ccccc5OCC4C)[nH]c3c2)CCOC1)C12CC(C1)C2. The highest BCUT2D eigenvalue weighted by Crippen LogP contribution is 2.66. The number of carbonyl (C=O) groups is 3. The number of aromatic nitrogens is 4. The van der Waals surface area contributed by atoms with Crippen LogP contribution in [0.1, 0.15) is 73.0 Å². The van der Waals surface area contributed by atoms with Crippen LogP contribution in [-0.2, 0) is 31.8 Å². The maximum Gasteiger partial charge on any atom is 0.270 e. The lowest BCUT2D eigenvalue weighted by Gasteiger charge is -2.64. The molecule has 0 spiro atoms. The number of likely N-dealkylation sites (N-methyl/N-ethyl adjacent to an activating group) is 1. The summed E-state index contributed by atoms with van der Waals surface area (Å²) in [5, 5.41) is 13.4. The average molecular weight is 724 g/mol. The van der Waals surface area contributed by atoms with Gasteiger partial charge >= 0.3 is 0 Å². The Hall–Kier alpha value is -4.49. The number of H-pyrrole nitrogens is 1. The Kier molecular flexibility index (Phi) is 8.56. The number of carbonyl (C=O) groups excluding carboxylic acids is 3. The van der Waals surface area contributed by atoms with Crippen LogP contribution < -0.4 is 20.7 Å². The quantitative estimate of drug-likeness (QED) is 0.172. The number of imidazole rings is 1. The van der Waals surface area contributed by atoms with E-state index in [1.807, 2.05) is 43.3 Å². The van der Waals surface area contributed by atoms with Crippen molar-refractivity contribution in [3.8, 4) is 5.75 Å². The molecule has 52 heavy (non-hydrogen) atoms. The smallest absolute Gasteiger partial charge is 0.270 e. The van der Waals surface area contributed by atoms with Crippen LogP contribution in [0.15, 0.2) is 54.7 Å². The van der Waals surface area contributed by atoms with E-state index in [9.17, 15) is 14.4 Å². The zero-order valence-electron chi connectivity index (χ0n) is 30.6.